The van der Waals surface area contributed by atoms with Crippen molar-refractivity contribution in [2.45, 2.75) is 19.9 Å². The summed E-state index contributed by atoms with van der Waals surface area (Å²) in [6.45, 7) is 5.74. The number of nitrogens with two attached hydrogens (primary N) is 1. The molecule has 1 unspecified atom stereocenters. The van der Waals surface area contributed by atoms with E-state index in [0.29, 0.717) is 37.6 Å². The number of anilines is 1. The Labute approximate surface area is 136 Å². The summed E-state index contributed by atoms with van der Waals surface area (Å²) in [6, 6.07) is 4.58. The van der Waals surface area contributed by atoms with E-state index in [1.165, 1.54) is 0 Å². The van der Waals surface area contributed by atoms with Crippen molar-refractivity contribution in [3.63, 3.8) is 0 Å². The second-order valence-electron chi connectivity index (χ2n) is 5.21. The Morgan fingerprint density at radius 2 is 1.95 bits per heavy atom. The van der Waals surface area contributed by atoms with Crippen LogP contribution in [0.1, 0.15) is 22.8 Å². The standard InChI is InChI=1S/C15H21N3O3.ClH/c1-10-3-4-12(16)9-13(10)14(19)17-11(2)15(20)18-5-7-21-8-6-18;/h3-4,9,11H,5-8,16H2,1-2H3,(H,17,19);1H. The Morgan fingerprint density at radius 1 is 1.32 bits per heavy atom. The summed E-state index contributed by atoms with van der Waals surface area (Å²) in [7, 11) is 0. The molecule has 7 heteroatoms. The van der Waals surface area contributed by atoms with Gasteiger partial charge in [-0.15, -0.1) is 12.4 Å². The second-order valence-corrected chi connectivity index (χ2v) is 5.21. The number of benzene rings is 1. The highest BCUT2D eigenvalue weighted by atomic mass is 35.5. The Balaban J connectivity index is 0.00000242. The molecule has 2 rings (SSSR count). The van der Waals surface area contributed by atoms with E-state index in [0.717, 1.165) is 5.56 Å². The Bertz CT molecular complexity index is 545. The molecule has 0 saturated carbocycles. The predicted octanol–water partition coefficient (Wildman–Crippen LogP) is 0.976. The summed E-state index contributed by atoms with van der Waals surface area (Å²) in [6.07, 6.45) is 0. The number of amides is 2. The lowest BCUT2D eigenvalue weighted by Gasteiger charge is -2.29. The first kappa shape index (κ1) is 18.3. The molecule has 3 N–H and O–H groups in total. The maximum absolute atomic E-state index is 12.3. The van der Waals surface area contributed by atoms with Gasteiger partial charge in [-0.2, -0.15) is 0 Å². The lowest BCUT2D eigenvalue weighted by molar-refractivity contribution is -0.136. The van der Waals surface area contributed by atoms with Gasteiger partial charge in [-0.25, -0.2) is 0 Å². The van der Waals surface area contributed by atoms with Crippen LogP contribution in [0.2, 0.25) is 0 Å². The highest BCUT2D eigenvalue weighted by Crippen LogP contribution is 2.13. The van der Waals surface area contributed by atoms with Gasteiger partial charge in [0.2, 0.25) is 5.91 Å². The number of carbonyl (C=O) groups excluding carboxylic acids is 2. The number of nitrogen functional groups attached to an aromatic ring is 1. The SMILES string of the molecule is Cc1ccc(N)cc1C(=O)NC(C)C(=O)N1CCOCC1.Cl. The molecule has 1 fully saturated rings. The minimum atomic E-state index is -0.573. The molecule has 2 amide bonds. The van der Waals surface area contributed by atoms with E-state index in [1.807, 2.05) is 6.92 Å². The van der Waals surface area contributed by atoms with Gasteiger partial charge in [0.25, 0.3) is 5.91 Å². The number of carbonyl (C=O) groups is 2. The second kappa shape index (κ2) is 8.00. The molecule has 1 aliphatic rings. The zero-order valence-electron chi connectivity index (χ0n) is 12.8. The van der Waals surface area contributed by atoms with E-state index in [4.69, 9.17) is 10.5 Å². The van der Waals surface area contributed by atoms with Crippen LogP contribution in [0, 0.1) is 6.92 Å². The molecule has 1 aliphatic heterocycles. The molecule has 1 heterocycles. The molecule has 1 aromatic rings. The van der Waals surface area contributed by atoms with Gasteiger partial charge in [-0.1, -0.05) is 6.07 Å². The summed E-state index contributed by atoms with van der Waals surface area (Å²) in [5, 5.41) is 2.73. The summed E-state index contributed by atoms with van der Waals surface area (Å²) in [4.78, 5) is 26.2. The van der Waals surface area contributed by atoms with Crippen molar-refractivity contribution in [2.75, 3.05) is 32.0 Å². The fourth-order valence-electron chi connectivity index (χ4n) is 2.28. The Kier molecular flexibility index (Phi) is 6.64. The number of rotatable bonds is 3. The molecule has 0 spiro atoms. The van der Waals surface area contributed by atoms with E-state index < -0.39 is 6.04 Å². The smallest absolute Gasteiger partial charge is 0.252 e. The molecule has 0 aliphatic carbocycles. The Hall–Kier alpha value is -1.79. The van der Waals surface area contributed by atoms with Crippen molar-refractivity contribution >= 4 is 29.9 Å². The van der Waals surface area contributed by atoms with E-state index >= 15 is 0 Å². The minimum absolute atomic E-state index is 0. The van der Waals surface area contributed by atoms with Crippen LogP contribution in [0.5, 0.6) is 0 Å². The summed E-state index contributed by atoms with van der Waals surface area (Å²) >= 11 is 0. The van der Waals surface area contributed by atoms with Crippen LogP contribution in [0.15, 0.2) is 18.2 Å². The molecule has 0 radical (unpaired) electrons. The van der Waals surface area contributed by atoms with Crippen LogP contribution in [0.25, 0.3) is 0 Å². The average Bonchev–Trinajstić information content (AvgIpc) is 2.49. The third-order valence-corrected chi connectivity index (χ3v) is 3.55. The first-order valence-corrected chi connectivity index (χ1v) is 7.02. The number of hydrogen-bond acceptors (Lipinski definition) is 4. The van der Waals surface area contributed by atoms with Crippen molar-refractivity contribution in [3.05, 3.63) is 29.3 Å². The van der Waals surface area contributed by atoms with Gasteiger partial charge in [0.05, 0.1) is 13.2 Å². The maximum Gasteiger partial charge on any atom is 0.252 e. The number of hydrogen-bond donors (Lipinski definition) is 2. The highest BCUT2D eigenvalue weighted by molar-refractivity contribution is 5.99. The third kappa shape index (κ3) is 4.35. The van der Waals surface area contributed by atoms with Crippen LogP contribution in [0.3, 0.4) is 0 Å². The van der Waals surface area contributed by atoms with Crippen LogP contribution in [0.4, 0.5) is 5.69 Å². The van der Waals surface area contributed by atoms with Crippen molar-refractivity contribution in [1.82, 2.24) is 10.2 Å². The highest BCUT2D eigenvalue weighted by Gasteiger charge is 2.24. The predicted molar refractivity (Wildman–Crippen MR) is 87.2 cm³/mol. The Morgan fingerprint density at radius 3 is 2.59 bits per heavy atom. The monoisotopic (exact) mass is 327 g/mol. The number of nitrogens with one attached hydrogen (secondary N) is 1. The van der Waals surface area contributed by atoms with Crippen molar-refractivity contribution in [3.8, 4) is 0 Å². The number of halogens is 1. The summed E-state index contributed by atoms with van der Waals surface area (Å²) in [5.41, 5.74) is 7.55. The van der Waals surface area contributed by atoms with Crippen LogP contribution in [-0.2, 0) is 9.53 Å². The third-order valence-electron chi connectivity index (χ3n) is 3.55. The van der Waals surface area contributed by atoms with Crippen LogP contribution in [-0.4, -0.2) is 49.1 Å². The van der Waals surface area contributed by atoms with Crippen LogP contribution >= 0.6 is 12.4 Å². The molecular formula is C15H22ClN3O3. The first-order chi connectivity index (χ1) is 9.99. The minimum Gasteiger partial charge on any atom is -0.399 e. The normalized spacial score (nSPS) is 15.6. The van der Waals surface area contributed by atoms with Gasteiger partial charge in [0, 0.05) is 24.3 Å². The molecular weight excluding hydrogens is 306 g/mol. The van der Waals surface area contributed by atoms with Gasteiger partial charge in [0.1, 0.15) is 6.04 Å². The van der Waals surface area contributed by atoms with E-state index in [1.54, 1.807) is 30.0 Å². The number of ether oxygens (including phenoxy) is 1. The van der Waals surface area contributed by atoms with E-state index in [-0.39, 0.29) is 24.2 Å². The molecule has 0 bridgehead atoms. The molecule has 1 aromatic carbocycles. The van der Waals surface area contributed by atoms with Gasteiger partial charge in [0.15, 0.2) is 0 Å². The van der Waals surface area contributed by atoms with Gasteiger partial charge >= 0.3 is 0 Å². The number of aryl methyl sites for hydroxylation is 1. The molecule has 0 aromatic heterocycles. The topological polar surface area (TPSA) is 84.7 Å². The van der Waals surface area contributed by atoms with Gasteiger partial charge in [-0.05, 0) is 31.5 Å². The number of nitrogens with zero attached hydrogens (tertiary/aromatic N) is 1. The van der Waals surface area contributed by atoms with E-state index in [2.05, 4.69) is 5.32 Å². The van der Waals surface area contributed by atoms with Crippen molar-refractivity contribution in [1.29, 1.82) is 0 Å². The first-order valence-electron chi connectivity index (χ1n) is 7.02. The lowest BCUT2D eigenvalue weighted by atomic mass is 10.1. The van der Waals surface area contributed by atoms with Crippen molar-refractivity contribution < 1.29 is 14.3 Å². The molecule has 122 valence electrons. The van der Waals surface area contributed by atoms with Gasteiger partial charge < -0.3 is 20.7 Å². The summed E-state index contributed by atoms with van der Waals surface area (Å²) < 4.78 is 5.21. The average molecular weight is 328 g/mol. The lowest BCUT2D eigenvalue weighted by Crippen LogP contribution is -2.50. The quantitative estimate of drug-likeness (QED) is 0.810. The van der Waals surface area contributed by atoms with Gasteiger partial charge in [-0.3, -0.25) is 9.59 Å². The maximum atomic E-state index is 12.3. The van der Waals surface area contributed by atoms with Crippen molar-refractivity contribution in [2.24, 2.45) is 0 Å². The largest absolute Gasteiger partial charge is 0.399 e. The van der Waals surface area contributed by atoms with E-state index in [9.17, 15) is 9.59 Å². The molecule has 1 saturated heterocycles. The molecule has 1 atom stereocenters. The molecule has 22 heavy (non-hydrogen) atoms. The zero-order valence-corrected chi connectivity index (χ0v) is 13.6. The number of morpholine rings is 1. The molecule has 6 nitrogen and oxygen atoms in total. The summed E-state index contributed by atoms with van der Waals surface area (Å²) in [5.74, 6) is -0.373. The fraction of sp³-hybridized carbons (Fsp3) is 0.467. The van der Waals surface area contributed by atoms with Crippen LogP contribution < -0.4 is 11.1 Å². The fourth-order valence-corrected chi connectivity index (χ4v) is 2.28. The zero-order chi connectivity index (χ0) is 15.4.